The van der Waals surface area contributed by atoms with Crippen LogP contribution < -0.4 is 5.14 Å². The monoisotopic (exact) mass is 448 g/mol. The van der Waals surface area contributed by atoms with E-state index in [-0.39, 0.29) is 4.90 Å². The van der Waals surface area contributed by atoms with Crippen LogP contribution in [-0.4, -0.2) is 23.0 Å². The van der Waals surface area contributed by atoms with E-state index in [2.05, 4.69) is 9.97 Å². The number of oxazole rings is 1. The average Bonchev–Trinajstić information content (AvgIpc) is 3.29. The molecule has 2 heterocycles. The maximum absolute atomic E-state index is 11.6. The second-order valence-corrected chi connectivity index (χ2v) is 9.19. The van der Waals surface area contributed by atoms with Crippen molar-refractivity contribution in [3.8, 4) is 11.3 Å². The number of sulfonamides is 1. The van der Waals surface area contributed by atoms with Crippen molar-refractivity contribution in [3.63, 3.8) is 0 Å². The molecule has 7 nitrogen and oxygen atoms in total. The minimum absolute atomic E-state index is 0.0441. The number of thioether (sulfide) groups is 1. The summed E-state index contributed by atoms with van der Waals surface area (Å²) in [4.78, 5) is 8.95. The number of benzene rings is 2. The molecule has 4 aromatic rings. The van der Waals surface area contributed by atoms with Gasteiger partial charge in [0.2, 0.25) is 15.9 Å². The van der Waals surface area contributed by atoms with Gasteiger partial charge in [-0.1, -0.05) is 23.4 Å². The summed E-state index contributed by atoms with van der Waals surface area (Å²) in [6.07, 6.45) is 1.68. The van der Waals surface area contributed by atoms with Gasteiger partial charge in [-0.2, -0.15) is 0 Å². The predicted octanol–water partition coefficient (Wildman–Crippen LogP) is 4.30. The van der Waals surface area contributed by atoms with Crippen LogP contribution in [0.2, 0.25) is 5.02 Å². The zero-order valence-corrected chi connectivity index (χ0v) is 17.8. The molecule has 0 amide bonds. The van der Waals surface area contributed by atoms with Crippen molar-refractivity contribution in [2.75, 3.05) is 0 Å². The number of primary sulfonamides is 1. The van der Waals surface area contributed by atoms with Crippen molar-refractivity contribution in [1.29, 1.82) is 0 Å². The van der Waals surface area contributed by atoms with Gasteiger partial charge in [-0.25, -0.2) is 23.5 Å². The van der Waals surface area contributed by atoms with Crippen molar-refractivity contribution < 1.29 is 12.8 Å². The Hall–Kier alpha value is -2.33. The second kappa shape index (κ2) is 7.83. The van der Waals surface area contributed by atoms with Gasteiger partial charge < -0.3 is 8.98 Å². The Bertz CT molecular complexity index is 1280. The van der Waals surface area contributed by atoms with E-state index < -0.39 is 10.0 Å². The molecule has 2 N–H and O–H groups in total. The summed E-state index contributed by atoms with van der Waals surface area (Å²) in [7, 11) is -3.78. The molecule has 2 aromatic carbocycles. The minimum Gasteiger partial charge on any atom is -0.440 e. The third-order valence-corrected chi connectivity index (χ3v) is 6.46. The fraction of sp³-hybridized carbons (Fsp3) is 0.158. The Morgan fingerprint density at radius 2 is 1.97 bits per heavy atom. The van der Waals surface area contributed by atoms with Crippen molar-refractivity contribution >= 4 is 44.4 Å². The third-order valence-electron chi connectivity index (χ3n) is 4.34. The van der Waals surface area contributed by atoms with Gasteiger partial charge in [0.1, 0.15) is 0 Å². The van der Waals surface area contributed by atoms with Crippen molar-refractivity contribution in [3.05, 3.63) is 59.6 Å². The molecule has 10 heteroatoms. The van der Waals surface area contributed by atoms with Crippen LogP contribution in [0, 0.1) is 0 Å². The number of nitrogens with zero attached hydrogens (tertiary/aromatic N) is 3. The Morgan fingerprint density at radius 1 is 1.21 bits per heavy atom. The molecule has 150 valence electrons. The van der Waals surface area contributed by atoms with Crippen LogP contribution in [-0.2, 0) is 22.3 Å². The maximum Gasteiger partial charge on any atom is 0.238 e. The van der Waals surface area contributed by atoms with Gasteiger partial charge in [0, 0.05) is 17.1 Å². The van der Waals surface area contributed by atoms with Crippen molar-refractivity contribution in [1.82, 2.24) is 14.5 Å². The highest BCUT2D eigenvalue weighted by Crippen LogP contribution is 2.29. The van der Waals surface area contributed by atoms with Crippen LogP contribution in [0.3, 0.4) is 0 Å². The molecule has 0 fully saturated rings. The van der Waals surface area contributed by atoms with Gasteiger partial charge in [-0.15, -0.1) is 0 Å². The zero-order valence-electron chi connectivity index (χ0n) is 15.4. The highest BCUT2D eigenvalue weighted by molar-refractivity contribution is 7.98. The van der Waals surface area contributed by atoms with E-state index in [0.717, 1.165) is 16.2 Å². The molecule has 0 atom stereocenters. The van der Waals surface area contributed by atoms with E-state index in [0.29, 0.717) is 34.5 Å². The zero-order chi connectivity index (χ0) is 20.6. The lowest BCUT2D eigenvalue weighted by atomic mass is 10.2. The molecule has 0 unspecified atom stereocenters. The van der Waals surface area contributed by atoms with Gasteiger partial charge in [0.05, 0.1) is 27.9 Å². The number of nitrogens with two attached hydrogens (primary N) is 1. The number of rotatable bonds is 6. The molecule has 0 saturated carbocycles. The first-order valence-electron chi connectivity index (χ1n) is 8.71. The van der Waals surface area contributed by atoms with Gasteiger partial charge in [0.25, 0.3) is 0 Å². The number of hydrogen-bond donors (Lipinski definition) is 1. The third kappa shape index (κ3) is 4.18. The summed E-state index contributed by atoms with van der Waals surface area (Å²) in [6, 6.07) is 12.1. The Morgan fingerprint density at radius 3 is 2.66 bits per heavy atom. The molecular weight excluding hydrogens is 432 g/mol. The lowest BCUT2D eigenvalue weighted by molar-refractivity contribution is 0.529. The first-order chi connectivity index (χ1) is 13.8. The van der Waals surface area contributed by atoms with Gasteiger partial charge in [-0.05, 0) is 49.4 Å². The topological polar surface area (TPSA) is 104 Å². The van der Waals surface area contributed by atoms with Crippen LogP contribution in [0.5, 0.6) is 0 Å². The Kier molecular flexibility index (Phi) is 5.39. The highest BCUT2D eigenvalue weighted by atomic mass is 35.5. The predicted molar refractivity (Wildman–Crippen MR) is 113 cm³/mol. The summed E-state index contributed by atoms with van der Waals surface area (Å²) in [5, 5.41) is 6.63. The fourth-order valence-corrected chi connectivity index (χ4v) is 4.52. The van der Waals surface area contributed by atoms with Crippen LogP contribution in [0.4, 0.5) is 0 Å². The second-order valence-electron chi connectivity index (χ2n) is 6.25. The smallest absolute Gasteiger partial charge is 0.238 e. The van der Waals surface area contributed by atoms with E-state index in [1.807, 2.05) is 23.6 Å². The highest BCUT2D eigenvalue weighted by Gasteiger charge is 2.15. The molecule has 0 spiro atoms. The van der Waals surface area contributed by atoms with Gasteiger partial charge >= 0.3 is 0 Å². The molecule has 4 rings (SSSR count). The SMILES string of the molecule is CCn1c(SCc2ncc(-c3ccc(Cl)cc3)o2)nc2cc(S(N)(=O)=O)ccc21. The number of aromatic nitrogens is 3. The summed E-state index contributed by atoms with van der Waals surface area (Å²) in [5.74, 6) is 1.72. The van der Waals surface area contributed by atoms with Crippen LogP contribution >= 0.6 is 23.4 Å². The molecule has 0 aliphatic carbocycles. The van der Waals surface area contributed by atoms with E-state index in [4.69, 9.17) is 21.2 Å². The summed E-state index contributed by atoms with van der Waals surface area (Å²) >= 11 is 7.39. The molecule has 0 aliphatic heterocycles. The number of imidazole rings is 1. The standard InChI is InChI=1S/C19H17ClN4O3S2/c1-2-24-16-8-7-14(29(21,25)26)9-15(16)23-19(24)28-11-18-22-10-17(27-18)12-3-5-13(20)6-4-12/h3-10H,2,11H2,1H3,(H2,21,25,26). The van der Waals surface area contributed by atoms with Crippen LogP contribution in [0.15, 0.2) is 63.1 Å². The molecule has 0 aliphatic rings. The van der Waals surface area contributed by atoms with Crippen LogP contribution in [0.25, 0.3) is 22.4 Å². The number of fused-ring (bicyclic) bond motifs is 1. The summed E-state index contributed by atoms with van der Waals surface area (Å²) in [6.45, 7) is 2.69. The fourth-order valence-electron chi connectivity index (χ4n) is 2.93. The van der Waals surface area contributed by atoms with Gasteiger partial charge in [-0.3, -0.25) is 0 Å². The largest absolute Gasteiger partial charge is 0.440 e. The minimum atomic E-state index is -3.78. The lowest BCUT2D eigenvalue weighted by Crippen LogP contribution is -2.11. The van der Waals surface area contributed by atoms with E-state index in [9.17, 15) is 8.42 Å². The lowest BCUT2D eigenvalue weighted by Gasteiger charge is -2.04. The normalized spacial score (nSPS) is 12.0. The van der Waals surface area contributed by atoms with E-state index >= 15 is 0 Å². The van der Waals surface area contributed by atoms with Crippen molar-refractivity contribution in [2.24, 2.45) is 5.14 Å². The number of aryl methyl sites for hydroxylation is 1. The quantitative estimate of drug-likeness (QED) is 0.441. The number of halogens is 1. The molecule has 29 heavy (non-hydrogen) atoms. The Labute approximate surface area is 177 Å². The first kappa shape index (κ1) is 20.0. The molecule has 2 aromatic heterocycles. The van der Waals surface area contributed by atoms with Gasteiger partial charge in [0.15, 0.2) is 10.9 Å². The van der Waals surface area contributed by atoms with E-state index in [1.54, 1.807) is 24.4 Å². The first-order valence-corrected chi connectivity index (χ1v) is 11.6. The summed E-state index contributed by atoms with van der Waals surface area (Å²) < 4.78 is 31.0. The van der Waals surface area contributed by atoms with E-state index in [1.165, 1.54) is 23.9 Å². The van der Waals surface area contributed by atoms with Crippen molar-refractivity contribution in [2.45, 2.75) is 29.3 Å². The van der Waals surface area contributed by atoms with Crippen LogP contribution in [0.1, 0.15) is 12.8 Å². The number of hydrogen-bond acceptors (Lipinski definition) is 6. The maximum atomic E-state index is 11.6. The molecule has 0 radical (unpaired) electrons. The Balaban J connectivity index is 1.57. The average molecular weight is 449 g/mol. The molecule has 0 saturated heterocycles. The molecule has 0 bridgehead atoms. The molecular formula is C19H17ClN4O3S2. The summed E-state index contributed by atoms with van der Waals surface area (Å²) in [5.41, 5.74) is 2.32.